The van der Waals surface area contributed by atoms with Crippen molar-refractivity contribution in [3.8, 4) is 5.75 Å². The van der Waals surface area contributed by atoms with E-state index in [0.717, 1.165) is 23.0 Å². The molecule has 166 valence electrons. The topological polar surface area (TPSA) is 81.3 Å². The number of rotatable bonds is 3. The summed E-state index contributed by atoms with van der Waals surface area (Å²) < 4.78 is 57.1. The smallest absolute Gasteiger partial charge is 0.431 e. The lowest BCUT2D eigenvalue weighted by Gasteiger charge is -2.37. The first kappa shape index (κ1) is 19.6. The molecule has 0 radical (unpaired) electrons. The van der Waals surface area contributed by atoms with Gasteiger partial charge in [-0.15, -0.1) is 0 Å². The van der Waals surface area contributed by atoms with Gasteiger partial charge in [-0.1, -0.05) is 23.8 Å². The van der Waals surface area contributed by atoms with E-state index in [0.29, 0.717) is 25.5 Å². The third-order valence-electron chi connectivity index (χ3n) is 6.16. The highest BCUT2D eigenvalue weighted by atomic mass is 19.4. The van der Waals surface area contributed by atoms with Crippen LogP contribution in [0.3, 0.4) is 0 Å². The number of anilines is 1. The number of benzene rings is 1. The second kappa shape index (κ2) is 7.21. The van der Waals surface area contributed by atoms with Crippen LogP contribution in [0.2, 0.25) is 0 Å². The summed E-state index contributed by atoms with van der Waals surface area (Å²) in [6.07, 6.45) is -0.921. The molecular weight excluding hydrogens is 425 g/mol. The zero-order valence-electron chi connectivity index (χ0n) is 16.7. The second-order valence-electron chi connectivity index (χ2n) is 8.15. The van der Waals surface area contributed by atoms with Gasteiger partial charge in [0.05, 0.1) is 30.7 Å². The van der Waals surface area contributed by atoms with Gasteiger partial charge in [-0.2, -0.15) is 13.2 Å². The van der Waals surface area contributed by atoms with E-state index in [9.17, 15) is 13.2 Å². The summed E-state index contributed by atoms with van der Waals surface area (Å²) in [4.78, 5) is 10.6. The molecule has 4 atom stereocenters. The van der Waals surface area contributed by atoms with E-state index in [1.807, 2.05) is 30.3 Å². The summed E-state index contributed by atoms with van der Waals surface area (Å²) in [7, 11) is 0. The highest BCUT2D eigenvalue weighted by molar-refractivity contribution is 5.88. The molecule has 2 aromatic heterocycles. The van der Waals surface area contributed by atoms with E-state index in [2.05, 4.69) is 20.3 Å². The van der Waals surface area contributed by atoms with Crippen molar-refractivity contribution in [2.24, 2.45) is 5.92 Å². The van der Waals surface area contributed by atoms with Crippen LogP contribution >= 0.6 is 0 Å². The highest BCUT2D eigenvalue weighted by Crippen LogP contribution is 2.44. The van der Waals surface area contributed by atoms with Gasteiger partial charge in [-0.3, -0.25) is 0 Å². The maximum Gasteiger partial charge on any atom is 0.431 e. The number of hydrogen-bond donors (Lipinski definition) is 2. The predicted molar refractivity (Wildman–Crippen MR) is 108 cm³/mol. The molecule has 3 aromatic rings. The van der Waals surface area contributed by atoms with Crippen molar-refractivity contribution in [1.29, 1.82) is 0 Å². The minimum Gasteiger partial charge on any atom is -0.493 e. The molecule has 0 saturated carbocycles. The molecule has 1 fully saturated rings. The Bertz CT molecular complexity index is 1210. The number of fused-ring (bicyclic) bond motifs is 4. The van der Waals surface area contributed by atoms with Gasteiger partial charge in [0.1, 0.15) is 29.2 Å². The fourth-order valence-corrected chi connectivity index (χ4v) is 4.66. The monoisotopic (exact) mass is 444 g/mol. The summed E-state index contributed by atoms with van der Waals surface area (Å²) in [6, 6.07) is 8.44. The number of ether oxygens (including phenoxy) is 3. The van der Waals surface area contributed by atoms with Gasteiger partial charge in [-0.25, -0.2) is 9.97 Å². The average molecular weight is 444 g/mol. The van der Waals surface area contributed by atoms with Crippen LogP contribution in [0, 0.1) is 5.92 Å². The maximum absolute atomic E-state index is 13.3. The van der Waals surface area contributed by atoms with Gasteiger partial charge >= 0.3 is 6.18 Å². The van der Waals surface area contributed by atoms with E-state index < -0.39 is 11.9 Å². The standard InChI is InChI=1S/C22H19F3N4O3/c23-22(24,25)17-7-14-20(28-17)26-10-27-21(14)29-19-13-3-1-2-4-16(13)30-9-15(19)11-5-12-8-31-18(6-11)32-12/h1-4,6-7,10,12,15,18-19H,5,8-9H2,(H2,26,27,28,29). The molecule has 0 amide bonds. The first-order valence-electron chi connectivity index (χ1n) is 10.3. The minimum absolute atomic E-state index is 0.00240. The van der Waals surface area contributed by atoms with Crippen molar-refractivity contribution in [2.75, 3.05) is 18.5 Å². The van der Waals surface area contributed by atoms with Crippen LogP contribution in [0.15, 0.2) is 48.3 Å². The lowest BCUT2D eigenvalue weighted by Crippen LogP contribution is -2.35. The molecule has 3 aliphatic rings. The number of alkyl halides is 3. The second-order valence-corrected chi connectivity index (χ2v) is 8.15. The quantitative estimate of drug-likeness (QED) is 0.589. The Kier molecular flexibility index (Phi) is 4.41. The third-order valence-corrected chi connectivity index (χ3v) is 6.16. The zero-order chi connectivity index (χ0) is 21.9. The third kappa shape index (κ3) is 3.30. The van der Waals surface area contributed by atoms with Crippen LogP contribution in [0.5, 0.6) is 5.75 Å². The molecular formula is C22H19F3N4O3. The molecule has 2 bridgehead atoms. The summed E-state index contributed by atoms with van der Waals surface area (Å²) in [6.45, 7) is 0.970. The van der Waals surface area contributed by atoms with E-state index in [4.69, 9.17) is 14.2 Å². The normalized spacial score (nSPS) is 27.0. The molecule has 0 spiro atoms. The van der Waals surface area contributed by atoms with Crippen LogP contribution in [-0.2, 0) is 15.7 Å². The SMILES string of the molecule is FC(F)(F)c1cc2c(NC3c4ccccc4OCC3C3=CC4OCC(C3)O4)ncnc2[nH]1. The molecule has 3 aliphatic heterocycles. The molecule has 6 rings (SSSR count). The Morgan fingerprint density at radius 3 is 2.84 bits per heavy atom. The summed E-state index contributed by atoms with van der Waals surface area (Å²) in [5, 5.41) is 3.69. The Morgan fingerprint density at radius 2 is 2.00 bits per heavy atom. The Balaban J connectivity index is 1.41. The van der Waals surface area contributed by atoms with Crippen molar-refractivity contribution in [1.82, 2.24) is 15.0 Å². The van der Waals surface area contributed by atoms with Crippen molar-refractivity contribution in [3.05, 3.63) is 59.6 Å². The maximum atomic E-state index is 13.3. The molecule has 0 aliphatic carbocycles. The Hall–Kier alpha value is -3.11. The van der Waals surface area contributed by atoms with Crippen LogP contribution in [0.25, 0.3) is 11.0 Å². The summed E-state index contributed by atoms with van der Waals surface area (Å²) >= 11 is 0. The van der Waals surface area contributed by atoms with Crippen LogP contribution in [0.4, 0.5) is 19.0 Å². The van der Waals surface area contributed by atoms with Gasteiger partial charge < -0.3 is 24.5 Å². The molecule has 1 saturated heterocycles. The molecule has 32 heavy (non-hydrogen) atoms. The van der Waals surface area contributed by atoms with Crippen LogP contribution in [-0.4, -0.2) is 40.6 Å². The molecule has 5 heterocycles. The number of hydrogen-bond acceptors (Lipinski definition) is 6. The summed E-state index contributed by atoms with van der Waals surface area (Å²) in [5.41, 5.74) is 1.33. The lowest BCUT2D eigenvalue weighted by molar-refractivity contribution is -0.140. The Morgan fingerprint density at radius 1 is 1.12 bits per heavy atom. The number of aromatic amines is 1. The number of H-pyrrole nitrogens is 1. The fourth-order valence-electron chi connectivity index (χ4n) is 4.66. The lowest BCUT2D eigenvalue weighted by atomic mass is 9.82. The van der Waals surface area contributed by atoms with E-state index in [1.54, 1.807) is 0 Å². The average Bonchev–Trinajstić information content (AvgIpc) is 3.37. The van der Waals surface area contributed by atoms with E-state index >= 15 is 0 Å². The number of halogens is 3. The number of para-hydroxylation sites is 1. The number of nitrogens with zero attached hydrogens (tertiary/aromatic N) is 2. The van der Waals surface area contributed by atoms with Gasteiger partial charge in [0.25, 0.3) is 0 Å². The van der Waals surface area contributed by atoms with Crippen LogP contribution in [0.1, 0.15) is 23.7 Å². The van der Waals surface area contributed by atoms with E-state index in [-0.39, 0.29) is 35.4 Å². The largest absolute Gasteiger partial charge is 0.493 e. The van der Waals surface area contributed by atoms with Crippen molar-refractivity contribution in [2.45, 2.75) is 31.0 Å². The first-order chi connectivity index (χ1) is 15.5. The molecule has 7 nitrogen and oxygen atoms in total. The Labute approximate surface area is 180 Å². The van der Waals surface area contributed by atoms with Gasteiger partial charge in [0.15, 0.2) is 6.29 Å². The van der Waals surface area contributed by atoms with Crippen molar-refractivity contribution >= 4 is 16.9 Å². The molecule has 4 unspecified atom stereocenters. The zero-order valence-corrected chi connectivity index (χ0v) is 16.7. The van der Waals surface area contributed by atoms with Crippen molar-refractivity contribution in [3.63, 3.8) is 0 Å². The molecule has 1 aromatic carbocycles. The first-order valence-corrected chi connectivity index (χ1v) is 10.3. The van der Waals surface area contributed by atoms with Gasteiger partial charge in [0, 0.05) is 11.5 Å². The fraction of sp³-hybridized carbons (Fsp3) is 0.364. The van der Waals surface area contributed by atoms with Crippen molar-refractivity contribution < 1.29 is 27.4 Å². The number of nitrogens with one attached hydrogen (secondary N) is 2. The highest BCUT2D eigenvalue weighted by Gasteiger charge is 2.40. The molecule has 2 N–H and O–H groups in total. The minimum atomic E-state index is -4.50. The van der Waals surface area contributed by atoms with E-state index in [1.165, 1.54) is 6.33 Å². The summed E-state index contributed by atoms with van der Waals surface area (Å²) in [5.74, 6) is 1.01. The van der Waals surface area contributed by atoms with Gasteiger partial charge in [0.2, 0.25) is 0 Å². The van der Waals surface area contributed by atoms with Gasteiger partial charge in [-0.05, 0) is 24.6 Å². The number of aromatic nitrogens is 3. The van der Waals surface area contributed by atoms with Crippen LogP contribution < -0.4 is 10.1 Å². The predicted octanol–water partition coefficient (Wildman–Crippen LogP) is 4.21. The molecule has 10 heteroatoms.